The maximum Gasteiger partial charge on any atom is 0.233 e. The lowest BCUT2D eigenvalue weighted by Gasteiger charge is -2.32. The molecule has 0 radical (unpaired) electrons. The van der Waals surface area contributed by atoms with Crippen LogP contribution < -0.4 is 0 Å². The molecule has 0 unspecified atom stereocenters. The second kappa shape index (κ2) is 7.67. The molecule has 1 amide bonds. The van der Waals surface area contributed by atoms with Crippen molar-refractivity contribution in [1.82, 2.24) is 9.88 Å². The van der Waals surface area contributed by atoms with Gasteiger partial charge in [0, 0.05) is 17.8 Å². The molecular weight excluding hydrogens is 324 g/mol. The Morgan fingerprint density at radius 2 is 2.09 bits per heavy atom. The minimum Gasteiger partial charge on any atom is -0.337 e. The second-order valence-corrected chi connectivity index (χ2v) is 8.50. The van der Waals surface area contributed by atoms with Crippen molar-refractivity contribution in [3.05, 3.63) is 29.3 Å². The van der Waals surface area contributed by atoms with Crippen LogP contribution >= 0.6 is 23.1 Å². The van der Waals surface area contributed by atoms with E-state index in [4.69, 9.17) is 0 Å². The minimum atomic E-state index is 0.290. The highest BCUT2D eigenvalue weighted by molar-refractivity contribution is 7.99. The van der Waals surface area contributed by atoms with Gasteiger partial charge in [-0.25, -0.2) is 4.98 Å². The summed E-state index contributed by atoms with van der Waals surface area (Å²) in [5, 5.41) is 1.11. The Balaban J connectivity index is 1.55. The van der Waals surface area contributed by atoms with E-state index in [0.29, 0.717) is 17.8 Å². The number of rotatable bonds is 6. The summed E-state index contributed by atoms with van der Waals surface area (Å²) < 4.78 is 1.23. The molecule has 0 atom stereocenters. The van der Waals surface area contributed by atoms with Crippen molar-refractivity contribution in [3.63, 3.8) is 0 Å². The first-order valence-electron chi connectivity index (χ1n) is 8.38. The summed E-state index contributed by atoms with van der Waals surface area (Å²) in [6.45, 7) is 4.27. The predicted octanol–water partition coefficient (Wildman–Crippen LogP) is 4.71. The summed E-state index contributed by atoms with van der Waals surface area (Å²) in [4.78, 5) is 19.4. The number of hydrogen-bond donors (Lipinski definition) is 0. The molecule has 1 aliphatic carbocycles. The standard InChI is InChI=1S/C18H24N2OS2/c1-13(2)20(14-7-3-4-8-14)18(21)12-22-11-17-19-15-9-5-6-10-16(15)23-17/h5-6,9-10,13-14H,3-4,7-8,11-12H2,1-2H3. The Hall–Kier alpha value is -1.07. The van der Waals surface area contributed by atoms with E-state index >= 15 is 0 Å². The fourth-order valence-corrected chi connectivity index (χ4v) is 5.29. The van der Waals surface area contributed by atoms with Crippen molar-refractivity contribution in [3.8, 4) is 0 Å². The minimum absolute atomic E-state index is 0.290. The number of amides is 1. The van der Waals surface area contributed by atoms with E-state index in [1.54, 1.807) is 23.1 Å². The first-order valence-corrected chi connectivity index (χ1v) is 10.4. The fourth-order valence-electron chi connectivity index (χ4n) is 3.38. The molecule has 0 saturated heterocycles. The van der Waals surface area contributed by atoms with Crippen LogP contribution in [-0.2, 0) is 10.5 Å². The molecule has 0 N–H and O–H groups in total. The number of carbonyl (C=O) groups is 1. The van der Waals surface area contributed by atoms with E-state index in [0.717, 1.165) is 16.3 Å². The monoisotopic (exact) mass is 348 g/mol. The topological polar surface area (TPSA) is 33.2 Å². The average Bonchev–Trinajstić information content (AvgIpc) is 3.15. The zero-order valence-corrected chi connectivity index (χ0v) is 15.5. The van der Waals surface area contributed by atoms with Crippen molar-refractivity contribution < 1.29 is 4.79 Å². The number of nitrogens with zero attached hydrogens (tertiary/aromatic N) is 2. The Morgan fingerprint density at radius 1 is 1.35 bits per heavy atom. The zero-order valence-electron chi connectivity index (χ0n) is 13.8. The summed E-state index contributed by atoms with van der Waals surface area (Å²) >= 11 is 3.42. The highest BCUT2D eigenvalue weighted by Gasteiger charge is 2.28. The third kappa shape index (κ3) is 4.07. The molecule has 0 aliphatic heterocycles. The first kappa shape index (κ1) is 16.8. The SMILES string of the molecule is CC(C)N(C(=O)CSCc1nc2ccccc2s1)C1CCCC1. The molecule has 5 heteroatoms. The molecule has 0 spiro atoms. The smallest absolute Gasteiger partial charge is 0.233 e. The molecule has 1 heterocycles. The van der Waals surface area contributed by atoms with Gasteiger partial charge in [0.25, 0.3) is 0 Å². The van der Waals surface area contributed by atoms with Gasteiger partial charge in [0.1, 0.15) is 5.01 Å². The first-order chi connectivity index (χ1) is 11.1. The lowest BCUT2D eigenvalue weighted by molar-refractivity contribution is -0.132. The summed E-state index contributed by atoms with van der Waals surface area (Å²) in [5.74, 6) is 1.67. The maximum atomic E-state index is 12.6. The van der Waals surface area contributed by atoms with E-state index in [1.807, 2.05) is 18.2 Å². The Labute approximate surface area is 146 Å². The molecule has 3 rings (SSSR count). The molecule has 1 aliphatic rings. The van der Waals surface area contributed by atoms with E-state index in [-0.39, 0.29) is 5.91 Å². The largest absolute Gasteiger partial charge is 0.337 e. The van der Waals surface area contributed by atoms with Crippen LogP contribution in [0.1, 0.15) is 44.5 Å². The normalized spacial score (nSPS) is 15.6. The molecule has 1 fully saturated rings. The van der Waals surface area contributed by atoms with Crippen LogP contribution in [-0.4, -0.2) is 33.6 Å². The van der Waals surface area contributed by atoms with Crippen molar-refractivity contribution >= 4 is 39.2 Å². The van der Waals surface area contributed by atoms with Crippen LogP contribution in [0.15, 0.2) is 24.3 Å². The van der Waals surface area contributed by atoms with Crippen molar-refractivity contribution in [1.29, 1.82) is 0 Å². The number of hydrogen-bond acceptors (Lipinski definition) is 4. The number of benzene rings is 1. The molecule has 3 nitrogen and oxygen atoms in total. The van der Waals surface area contributed by atoms with Gasteiger partial charge in [-0.1, -0.05) is 25.0 Å². The molecule has 1 aromatic heterocycles. The summed E-state index contributed by atoms with van der Waals surface area (Å²) in [6, 6.07) is 8.98. The van der Waals surface area contributed by atoms with Gasteiger partial charge in [-0.2, -0.15) is 0 Å². The molecule has 1 aromatic carbocycles. The van der Waals surface area contributed by atoms with Crippen LogP contribution in [0.4, 0.5) is 0 Å². The maximum absolute atomic E-state index is 12.6. The van der Waals surface area contributed by atoms with Gasteiger partial charge in [-0.3, -0.25) is 4.79 Å². The Bertz CT molecular complexity index is 629. The molecule has 124 valence electrons. The van der Waals surface area contributed by atoms with Gasteiger partial charge in [0.15, 0.2) is 0 Å². The van der Waals surface area contributed by atoms with Gasteiger partial charge >= 0.3 is 0 Å². The van der Waals surface area contributed by atoms with Crippen LogP contribution in [0, 0.1) is 0 Å². The highest BCUT2D eigenvalue weighted by atomic mass is 32.2. The highest BCUT2D eigenvalue weighted by Crippen LogP contribution is 2.27. The Kier molecular flexibility index (Phi) is 5.59. The van der Waals surface area contributed by atoms with Crippen LogP contribution in [0.25, 0.3) is 10.2 Å². The van der Waals surface area contributed by atoms with Gasteiger partial charge in [-0.15, -0.1) is 23.1 Å². The lowest BCUT2D eigenvalue weighted by Crippen LogP contribution is -2.44. The number of aromatic nitrogens is 1. The van der Waals surface area contributed by atoms with E-state index in [2.05, 4.69) is 29.8 Å². The zero-order chi connectivity index (χ0) is 16.2. The third-order valence-corrected chi connectivity index (χ3v) is 6.50. The predicted molar refractivity (Wildman–Crippen MR) is 100 cm³/mol. The number of fused-ring (bicyclic) bond motifs is 1. The van der Waals surface area contributed by atoms with E-state index in [9.17, 15) is 4.79 Å². The lowest BCUT2D eigenvalue weighted by atomic mass is 10.1. The van der Waals surface area contributed by atoms with Crippen LogP contribution in [0.2, 0.25) is 0 Å². The fraction of sp³-hybridized carbons (Fsp3) is 0.556. The number of thiazole rings is 1. The van der Waals surface area contributed by atoms with E-state index < -0.39 is 0 Å². The summed E-state index contributed by atoms with van der Waals surface area (Å²) in [5.41, 5.74) is 1.06. The van der Waals surface area contributed by atoms with E-state index in [1.165, 1.54) is 30.4 Å². The van der Waals surface area contributed by atoms with Gasteiger partial charge in [-0.05, 0) is 38.8 Å². The molecular formula is C18H24N2OS2. The molecule has 0 bridgehead atoms. The third-order valence-electron chi connectivity index (χ3n) is 4.35. The van der Waals surface area contributed by atoms with Crippen molar-refractivity contribution in [2.45, 2.75) is 57.4 Å². The Morgan fingerprint density at radius 3 is 2.78 bits per heavy atom. The van der Waals surface area contributed by atoms with Crippen molar-refractivity contribution in [2.24, 2.45) is 0 Å². The van der Waals surface area contributed by atoms with Gasteiger partial charge < -0.3 is 4.90 Å². The van der Waals surface area contributed by atoms with Gasteiger partial charge in [0.2, 0.25) is 5.91 Å². The summed E-state index contributed by atoms with van der Waals surface area (Å²) in [6.07, 6.45) is 4.87. The van der Waals surface area contributed by atoms with Crippen LogP contribution in [0.3, 0.4) is 0 Å². The second-order valence-electron chi connectivity index (χ2n) is 6.40. The number of carbonyl (C=O) groups excluding carboxylic acids is 1. The van der Waals surface area contributed by atoms with Crippen LogP contribution in [0.5, 0.6) is 0 Å². The van der Waals surface area contributed by atoms with Crippen molar-refractivity contribution in [2.75, 3.05) is 5.75 Å². The van der Waals surface area contributed by atoms with Gasteiger partial charge in [0.05, 0.1) is 16.0 Å². The quantitative estimate of drug-likeness (QED) is 0.758. The molecule has 1 saturated carbocycles. The number of thioether (sulfide) groups is 1. The average molecular weight is 349 g/mol. The molecule has 2 aromatic rings. The molecule has 23 heavy (non-hydrogen) atoms. The summed E-state index contributed by atoms with van der Waals surface area (Å²) in [7, 11) is 0. The number of para-hydroxylation sites is 1.